The molecule has 16 heteroatoms. The van der Waals surface area contributed by atoms with Crippen LogP contribution in [0.15, 0.2) is 36.4 Å². The zero-order valence-corrected chi connectivity index (χ0v) is 22.3. The highest BCUT2D eigenvalue weighted by Crippen LogP contribution is 2.30. The number of imide groups is 1. The zero-order chi connectivity index (χ0) is 30.0. The number of likely N-dealkylation sites (N-methyl/N-ethyl adjacent to an activating group) is 1. The number of carbonyl (C=O) groups excluding carboxylic acids is 4. The molecule has 0 bridgehead atoms. The smallest absolute Gasteiger partial charge is 0.534 e. The lowest BCUT2D eigenvalue weighted by molar-refractivity contribution is -0.153. The van der Waals surface area contributed by atoms with Gasteiger partial charge in [0.1, 0.15) is 11.8 Å². The molecule has 5 amide bonds. The van der Waals surface area contributed by atoms with Crippen molar-refractivity contribution < 1.29 is 48.7 Å². The number of hydrogen-bond donors (Lipinski definition) is 5. The van der Waals surface area contributed by atoms with Crippen LogP contribution in [0.5, 0.6) is 5.75 Å². The average molecular weight is 587 g/mol. The first-order chi connectivity index (χ1) is 19.4. The molecule has 214 valence electrons. The van der Waals surface area contributed by atoms with Crippen LogP contribution >= 0.6 is 11.6 Å². The molecule has 5 N–H and O–H groups in total. The molecule has 2 aliphatic heterocycles. The van der Waals surface area contributed by atoms with E-state index in [4.69, 9.17) is 16.3 Å². The molecular weight excluding hydrogens is 563 g/mol. The molecule has 1 saturated heterocycles. The Morgan fingerprint density at radius 1 is 1.07 bits per heavy atom. The highest BCUT2D eigenvalue weighted by atomic mass is 35.5. The number of rotatable bonds is 7. The largest absolute Gasteiger partial charge is 0.547 e. The van der Waals surface area contributed by atoms with Crippen molar-refractivity contribution in [3.8, 4) is 5.75 Å². The minimum absolute atomic E-state index is 0.0330. The van der Waals surface area contributed by atoms with Gasteiger partial charge in [-0.3, -0.25) is 19.3 Å². The summed E-state index contributed by atoms with van der Waals surface area (Å²) in [7, 11) is -1.66. The second kappa shape index (κ2) is 11.9. The Labute approximate surface area is 238 Å². The summed E-state index contributed by atoms with van der Waals surface area (Å²) in [5, 5.41) is 34.0. The van der Waals surface area contributed by atoms with Gasteiger partial charge in [-0.25, -0.2) is 14.4 Å². The summed E-state index contributed by atoms with van der Waals surface area (Å²) in [5.41, 5.74) is -0.00392. The third-order valence-electron chi connectivity index (χ3n) is 6.70. The number of para-hydroxylation sites is 1. The van der Waals surface area contributed by atoms with Gasteiger partial charge in [-0.05, 0) is 42.7 Å². The molecule has 2 aromatic rings. The number of amides is 5. The van der Waals surface area contributed by atoms with Crippen LogP contribution in [0.4, 0.5) is 4.79 Å². The summed E-state index contributed by atoms with van der Waals surface area (Å²) in [4.78, 5) is 76.3. The molecule has 0 aromatic heterocycles. The van der Waals surface area contributed by atoms with Gasteiger partial charge in [0.15, 0.2) is 0 Å². The van der Waals surface area contributed by atoms with Crippen molar-refractivity contribution in [1.82, 2.24) is 20.4 Å². The van der Waals surface area contributed by atoms with Crippen molar-refractivity contribution in [2.24, 2.45) is 0 Å². The fourth-order valence-electron chi connectivity index (χ4n) is 4.54. The Bertz CT molecular complexity index is 1450. The SMILES string of the molecule is CCN1CCN(C(=O)N[C@H](C(=O)N[C@H]2Cc3cccc(C(=O)O)c3OB2O)c2ccc(C(=O)O)c(Cl)c2)C(=O)C1=O. The van der Waals surface area contributed by atoms with Gasteiger partial charge in [0.2, 0.25) is 5.91 Å². The Balaban J connectivity index is 1.61. The van der Waals surface area contributed by atoms with E-state index in [0.717, 1.165) is 12.1 Å². The van der Waals surface area contributed by atoms with Crippen molar-refractivity contribution in [2.45, 2.75) is 25.3 Å². The first kappa shape index (κ1) is 29.4. The van der Waals surface area contributed by atoms with Crippen LogP contribution in [0, 0.1) is 0 Å². The van der Waals surface area contributed by atoms with Gasteiger partial charge in [0.05, 0.1) is 22.1 Å². The molecule has 2 heterocycles. The van der Waals surface area contributed by atoms with Gasteiger partial charge < -0.3 is 35.4 Å². The maximum atomic E-state index is 13.5. The Morgan fingerprint density at radius 3 is 2.41 bits per heavy atom. The second-order valence-electron chi connectivity index (χ2n) is 9.20. The van der Waals surface area contributed by atoms with Gasteiger partial charge in [-0.1, -0.05) is 29.8 Å². The van der Waals surface area contributed by atoms with Crippen LogP contribution in [0.3, 0.4) is 0 Å². The first-order valence-corrected chi connectivity index (χ1v) is 12.7. The summed E-state index contributed by atoms with van der Waals surface area (Å²) in [6.45, 7) is 1.90. The molecule has 2 aliphatic rings. The number of carbonyl (C=O) groups is 6. The van der Waals surface area contributed by atoms with E-state index < -0.39 is 54.8 Å². The number of fused-ring (bicyclic) bond motifs is 1. The van der Waals surface area contributed by atoms with Crippen molar-refractivity contribution in [3.05, 3.63) is 63.7 Å². The number of carboxylic acids is 2. The quantitative estimate of drug-likeness (QED) is 0.222. The van der Waals surface area contributed by atoms with E-state index in [-0.39, 0.29) is 53.5 Å². The lowest BCUT2D eigenvalue weighted by Gasteiger charge is -2.33. The third-order valence-corrected chi connectivity index (χ3v) is 7.01. The molecule has 4 rings (SSSR count). The lowest BCUT2D eigenvalue weighted by atomic mass is 9.72. The number of benzene rings is 2. The highest BCUT2D eigenvalue weighted by Gasteiger charge is 2.41. The van der Waals surface area contributed by atoms with Gasteiger partial charge in [0, 0.05) is 19.6 Å². The van der Waals surface area contributed by atoms with Crippen LogP contribution < -0.4 is 15.3 Å². The number of piperazine rings is 1. The van der Waals surface area contributed by atoms with Crippen LogP contribution in [0.2, 0.25) is 5.02 Å². The highest BCUT2D eigenvalue weighted by molar-refractivity contribution is 6.47. The van der Waals surface area contributed by atoms with E-state index >= 15 is 0 Å². The van der Waals surface area contributed by atoms with Gasteiger partial charge in [-0.15, -0.1) is 0 Å². The predicted molar refractivity (Wildman–Crippen MR) is 141 cm³/mol. The van der Waals surface area contributed by atoms with E-state index in [1.54, 1.807) is 13.0 Å². The summed E-state index contributed by atoms with van der Waals surface area (Å²) in [6, 6.07) is 5.24. The van der Waals surface area contributed by atoms with E-state index in [9.17, 15) is 44.0 Å². The fraction of sp³-hybridized carbons (Fsp3) is 0.280. The molecular formula is C25H24BClN4O10. The molecule has 2 atom stereocenters. The minimum atomic E-state index is -1.66. The summed E-state index contributed by atoms with van der Waals surface area (Å²) in [5.74, 6) is -6.60. The number of aromatic carboxylic acids is 2. The average Bonchev–Trinajstić information content (AvgIpc) is 2.92. The summed E-state index contributed by atoms with van der Waals surface area (Å²) >= 11 is 6.10. The van der Waals surface area contributed by atoms with Crippen LogP contribution in [-0.4, -0.2) is 93.4 Å². The molecule has 0 saturated carbocycles. The summed E-state index contributed by atoms with van der Waals surface area (Å²) < 4.78 is 5.40. The topological polar surface area (TPSA) is 203 Å². The van der Waals surface area contributed by atoms with Crippen molar-refractivity contribution in [3.63, 3.8) is 0 Å². The van der Waals surface area contributed by atoms with Crippen molar-refractivity contribution in [1.29, 1.82) is 0 Å². The maximum absolute atomic E-state index is 13.5. The second-order valence-corrected chi connectivity index (χ2v) is 9.60. The van der Waals surface area contributed by atoms with Gasteiger partial charge in [-0.2, -0.15) is 0 Å². The molecule has 0 unspecified atom stereocenters. The number of nitrogens with zero attached hydrogens (tertiary/aromatic N) is 2. The van der Waals surface area contributed by atoms with E-state index in [1.807, 2.05) is 0 Å². The van der Waals surface area contributed by atoms with E-state index in [0.29, 0.717) is 10.5 Å². The van der Waals surface area contributed by atoms with Gasteiger partial charge in [0.25, 0.3) is 0 Å². The van der Waals surface area contributed by atoms with Gasteiger partial charge >= 0.3 is 36.9 Å². The van der Waals surface area contributed by atoms with Crippen molar-refractivity contribution >= 4 is 54.4 Å². The lowest BCUT2D eigenvalue weighted by Crippen LogP contribution is -2.60. The number of urea groups is 1. The molecule has 41 heavy (non-hydrogen) atoms. The predicted octanol–water partition coefficient (Wildman–Crippen LogP) is 0.317. The molecule has 1 fully saturated rings. The standard InChI is InChI=1S/C25H24BClN4O10/c1-2-30-8-9-31(22(34)21(30)33)25(39)29-18(12-6-7-14(23(35)36)16(27)10-12)20(32)28-17-11-13-4-3-5-15(24(37)38)19(13)41-26(17)40/h3-7,10,17-18,40H,2,8-9,11H2,1H3,(H,28,32)(H,29,39)(H,35,36)(H,37,38)/t17-,18-/m0/s1. The fourth-order valence-corrected chi connectivity index (χ4v) is 4.81. The minimum Gasteiger partial charge on any atom is -0.534 e. The Morgan fingerprint density at radius 2 is 1.78 bits per heavy atom. The first-order valence-electron chi connectivity index (χ1n) is 12.4. The monoisotopic (exact) mass is 586 g/mol. The molecule has 0 spiro atoms. The molecule has 2 aromatic carbocycles. The molecule has 0 aliphatic carbocycles. The number of hydrogen-bond acceptors (Lipinski definition) is 8. The molecule has 0 radical (unpaired) electrons. The third kappa shape index (κ3) is 5.95. The summed E-state index contributed by atoms with van der Waals surface area (Å²) in [6.07, 6.45) is -0.0330. The number of halogens is 1. The normalized spacial score (nSPS) is 17.3. The van der Waals surface area contributed by atoms with E-state index in [2.05, 4.69) is 10.6 Å². The molecule has 14 nitrogen and oxygen atoms in total. The van der Waals surface area contributed by atoms with Crippen molar-refractivity contribution in [2.75, 3.05) is 19.6 Å². The zero-order valence-electron chi connectivity index (χ0n) is 21.5. The van der Waals surface area contributed by atoms with Crippen LogP contribution in [0.25, 0.3) is 0 Å². The number of nitrogens with one attached hydrogen (secondary N) is 2. The Hall–Kier alpha value is -4.63. The van der Waals surface area contributed by atoms with E-state index in [1.165, 1.54) is 23.1 Å². The Kier molecular flexibility index (Phi) is 8.49. The van der Waals surface area contributed by atoms with Crippen LogP contribution in [-0.2, 0) is 20.8 Å². The number of carboxylic acid groups (broad SMARTS) is 2. The maximum Gasteiger partial charge on any atom is 0.547 e. The van der Waals surface area contributed by atoms with Crippen LogP contribution in [0.1, 0.15) is 44.8 Å².